The quantitative estimate of drug-likeness (QED) is 0.316. The fourth-order valence-electron chi connectivity index (χ4n) is 5.09. The summed E-state index contributed by atoms with van der Waals surface area (Å²) in [5.74, 6) is 0.162. The second kappa shape index (κ2) is 10.1. The Hall–Kier alpha value is -3.65. The van der Waals surface area contributed by atoms with E-state index in [-0.39, 0.29) is 6.23 Å². The maximum Gasteiger partial charge on any atom is 0.253 e. The summed E-state index contributed by atoms with van der Waals surface area (Å²) in [6.45, 7) is 12.1. The van der Waals surface area contributed by atoms with Crippen LogP contribution in [0.4, 0.5) is 5.82 Å². The van der Waals surface area contributed by atoms with Crippen molar-refractivity contribution in [3.63, 3.8) is 0 Å². The number of nitrogens with two attached hydrogens (primary N) is 2. The number of aryl methyl sites for hydroxylation is 1. The smallest absolute Gasteiger partial charge is 0.253 e. The number of nitrogen functional groups attached to an aromatic ring is 1. The Labute approximate surface area is 211 Å². The van der Waals surface area contributed by atoms with Crippen LogP contribution in [0, 0.1) is 6.92 Å². The van der Waals surface area contributed by atoms with Crippen molar-refractivity contribution in [1.82, 2.24) is 19.3 Å². The lowest BCUT2D eigenvalue weighted by Gasteiger charge is -2.18. The minimum atomic E-state index is -0.572. The van der Waals surface area contributed by atoms with Crippen molar-refractivity contribution < 1.29 is 9.53 Å². The van der Waals surface area contributed by atoms with Gasteiger partial charge in [0.1, 0.15) is 12.0 Å². The number of carbonyl (C=O) groups is 1. The Balaban J connectivity index is 0.00000148. The third-order valence-electron chi connectivity index (χ3n) is 6.80. The summed E-state index contributed by atoms with van der Waals surface area (Å²) in [4.78, 5) is 17.3. The number of anilines is 1. The molecule has 0 spiro atoms. The highest BCUT2D eigenvalue weighted by Gasteiger charge is 2.32. The molecule has 4 N–H and O–H groups in total. The Morgan fingerprint density at radius 3 is 2.58 bits per heavy atom. The first-order chi connectivity index (χ1) is 17.4. The van der Waals surface area contributed by atoms with Gasteiger partial charge in [0, 0.05) is 41.3 Å². The van der Waals surface area contributed by atoms with Crippen molar-refractivity contribution in [3.05, 3.63) is 59.6 Å². The molecule has 1 unspecified atom stereocenters. The monoisotopic (exact) mass is 488 g/mol. The molecule has 1 amide bonds. The van der Waals surface area contributed by atoms with Crippen molar-refractivity contribution in [2.45, 2.75) is 65.5 Å². The molecule has 4 aromatic rings. The molecule has 1 saturated carbocycles. The second-order valence-corrected chi connectivity index (χ2v) is 8.96. The first-order valence-corrected chi connectivity index (χ1v) is 12.6. The molecule has 1 fully saturated rings. The number of methoxy groups -OCH3 is 1. The zero-order valence-corrected chi connectivity index (χ0v) is 21.8. The van der Waals surface area contributed by atoms with Crippen LogP contribution in [0.1, 0.15) is 79.4 Å². The van der Waals surface area contributed by atoms with E-state index in [1.165, 1.54) is 0 Å². The van der Waals surface area contributed by atoms with E-state index in [1.54, 1.807) is 13.3 Å². The van der Waals surface area contributed by atoms with Crippen molar-refractivity contribution in [3.8, 4) is 5.69 Å². The van der Waals surface area contributed by atoms with Crippen LogP contribution in [0.5, 0.6) is 0 Å². The molecule has 8 heteroatoms. The highest BCUT2D eigenvalue weighted by atomic mass is 16.5. The van der Waals surface area contributed by atoms with E-state index in [1.807, 2.05) is 54.4 Å². The molecule has 36 heavy (non-hydrogen) atoms. The molecule has 0 saturated heterocycles. The number of fused-ring (bicyclic) bond motifs is 2. The van der Waals surface area contributed by atoms with Gasteiger partial charge in [-0.05, 0) is 44.2 Å². The van der Waals surface area contributed by atoms with Crippen LogP contribution in [0.3, 0.4) is 0 Å². The molecular weight excluding hydrogens is 452 g/mol. The average Bonchev–Trinajstić information content (AvgIpc) is 3.56. The fraction of sp³-hybridized carbons (Fsp3) is 0.393. The number of primary amides is 1. The molecule has 3 heterocycles. The van der Waals surface area contributed by atoms with E-state index in [9.17, 15) is 4.79 Å². The van der Waals surface area contributed by atoms with Crippen LogP contribution in [0.25, 0.3) is 27.5 Å². The molecule has 0 aliphatic heterocycles. The summed E-state index contributed by atoms with van der Waals surface area (Å²) in [5, 5.41) is 6.23. The summed E-state index contributed by atoms with van der Waals surface area (Å²) >= 11 is 0. The van der Waals surface area contributed by atoms with Crippen LogP contribution in [0.15, 0.2) is 37.2 Å². The Kier molecular flexibility index (Phi) is 7.17. The number of nitrogens with zero attached hydrogens (tertiary/aromatic N) is 4. The van der Waals surface area contributed by atoms with E-state index >= 15 is 0 Å². The van der Waals surface area contributed by atoms with Gasteiger partial charge in [0.2, 0.25) is 0 Å². The number of amides is 1. The van der Waals surface area contributed by atoms with Crippen LogP contribution in [0.2, 0.25) is 0 Å². The fourth-order valence-corrected chi connectivity index (χ4v) is 5.09. The lowest BCUT2D eigenvalue weighted by atomic mass is 10.0. The van der Waals surface area contributed by atoms with Crippen molar-refractivity contribution in [2.24, 2.45) is 5.73 Å². The topological polar surface area (TPSA) is 114 Å². The average molecular weight is 489 g/mol. The standard InChI is InChI=1S/C26H30N6O2.C2H6/c1-5-7-16-22(15-9-10-15)29-12-18-21(26(28)33)25(27)31(24(16)18)23-14(3)8-11-19-17(23)13-30-32(19)20(6-2)34-4;1-2/h5,8,11-13,15,20H,1,6-7,9-10,27H2,2-4H3,(H2,28,33);1-2H3. The normalized spacial score (nSPS) is 14.0. The Morgan fingerprint density at radius 1 is 1.28 bits per heavy atom. The highest BCUT2D eigenvalue weighted by molar-refractivity contribution is 6.13. The molecule has 8 nitrogen and oxygen atoms in total. The summed E-state index contributed by atoms with van der Waals surface area (Å²) in [5.41, 5.74) is 18.6. The molecule has 190 valence electrons. The van der Waals surface area contributed by atoms with Gasteiger partial charge in [0.25, 0.3) is 5.91 Å². The SMILES string of the molecule is C=CCc1c(C2CC2)ncc2c(C(N)=O)c(N)n(-c3c(C)ccc4c3cnn4C(CC)OC)c12.CC. The first-order valence-electron chi connectivity index (χ1n) is 12.6. The van der Waals surface area contributed by atoms with Gasteiger partial charge in [0.15, 0.2) is 0 Å². The lowest BCUT2D eigenvalue weighted by molar-refractivity contribution is 0.0346. The van der Waals surface area contributed by atoms with Crippen LogP contribution in [-0.2, 0) is 11.2 Å². The highest BCUT2D eigenvalue weighted by Crippen LogP contribution is 2.45. The van der Waals surface area contributed by atoms with E-state index in [2.05, 4.69) is 18.6 Å². The number of aromatic nitrogens is 4. The van der Waals surface area contributed by atoms with Gasteiger partial charge in [-0.2, -0.15) is 5.10 Å². The van der Waals surface area contributed by atoms with Crippen molar-refractivity contribution in [2.75, 3.05) is 12.8 Å². The number of ether oxygens (including phenoxy) is 1. The number of allylic oxidation sites excluding steroid dienone is 1. The molecule has 1 atom stereocenters. The number of carbonyl (C=O) groups excluding carboxylic acids is 1. The number of hydrogen-bond acceptors (Lipinski definition) is 5. The van der Waals surface area contributed by atoms with E-state index in [0.717, 1.165) is 58.2 Å². The zero-order valence-electron chi connectivity index (χ0n) is 21.8. The van der Waals surface area contributed by atoms with Gasteiger partial charge < -0.3 is 16.2 Å². The molecule has 0 radical (unpaired) electrons. The number of hydrogen-bond donors (Lipinski definition) is 2. The number of benzene rings is 1. The van der Waals surface area contributed by atoms with E-state index < -0.39 is 5.91 Å². The number of rotatable bonds is 8. The van der Waals surface area contributed by atoms with Gasteiger partial charge in [-0.25, -0.2) is 4.68 Å². The predicted octanol–water partition coefficient (Wildman–Crippen LogP) is 5.55. The second-order valence-electron chi connectivity index (χ2n) is 8.96. The summed E-state index contributed by atoms with van der Waals surface area (Å²) in [6.07, 6.45) is 8.89. The molecular formula is C28H36N6O2. The maximum absolute atomic E-state index is 12.5. The summed E-state index contributed by atoms with van der Waals surface area (Å²) < 4.78 is 9.50. The minimum absolute atomic E-state index is 0.185. The minimum Gasteiger partial charge on any atom is -0.384 e. The van der Waals surface area contributed by atoms with Crippen LogP contribution < -0.4 is 11.5 Å². The van der Waals surface area contributed by atoms with Crippen LogP contribution in [-0.4, -0.2) is 32.3 Å². The zero-order chi connectivity index (χ0) is 26.1. The van der Waals surface area contributed by atoms with Gasteiger partial charge in [0.05, 0.1) is 28.5 Å². The molecule has 0 bridgehead atoms. The molecule has 1 aromatic carbocycles. The van der Waals surface area contributed by atoms with E-state index in [0.29, 0.717) is 29.1 Å². The van der Waals surface area contributed by atoms with Gasteiger partial charge in [-0.15, -0.1) is 6.58 Å². The maximum atomic E-state index is 12.5. The molecule has 1 aliphatic rings. The largest absolute Gasteiger partial charge is 0.384 e. The third-order valence-corrected chi connectivity index (χ3v) is 6.80. The summed E-state index contributed by atoms with van der Waals surface area (Å²) in [6, 6.07) is 4.09. The van der Waals surface area contributed by atoms with Crippen LogP contribution >= 0.6 is 0 Å². The Bertz CT molecular complexity index is 1440. The predicted molar refractivity (Wildman–Crippen MR) is 146 cm³/mol. The lowest BCUT2D eigenvalue weighted by Crippen LogP contribution is -2.14. The number of pyridine rings is 1. The molecule has 1 aliphatic carbocycles. The van der Waals surface area contributed by atoms with Crippen molar-refractivity contribution in [1.29, 1.82) is 0 Å². The van der Waals surface area contributed by atoms with Gasteiger partial charge in [-0.1, -0.05) is 32.9 Å². The van der Waals surface area contributed by atoms with Gasteiger partial charge in [-0.3, -0.25) is 14.3 Å². The van der Waals surface area contributed by atoms with Gasteiger partial charge >= 0.3 is 0 Å². The van der Waals surface area contributed by atoms with E-state index in [4.69, 9.17) is 21.2 Å². The van der Waals surface area contributed by atoms with Crippen molar-refractivity contribution >= 4 is 33.5 Å². The molecule has 5 rings (SSSR count). The summed E-state index contributed by atoms with van der Waals surface area (Å²) in [7, 11) is 1.68. The first kappa shape index (κ1) is 25.4. The Morgan fingerprint density at radius 2 is 2.00 bits per heavy atom. The molecule has 3 aromatic heterocycles. The third kappa shape index (κ3) is 3.95.